The molecule has 2 aromatic heterocycles. The molecule has 8 nitrogen and oxygen atoms in total. The van der Waals surface area contributed by atoms with Crippen LogP contribution in [0.4, 0.5) is 5.82 Å². The van der Waals surface area contributed by atoms with Crippen molar-refractivity contribution >= 4 is 28.5 Å². The molecule has 3 aromatic rings. The van der Waals surface area contributed by atoms with Crippen LogP contribution in [0.2, 0.25) is 0 Å². The van der Waals surface area contributed by atoms with E-state index in [1.54, 1.807) is 0 Å². The number of hydrogen-bond donors (Lipinski definition) is 3. The number of anilines is 1. The van der Waals surface area contributed by atoms with Crippen LogP contribution >= 0.6 is 0 Å². The number of piperidine rings is 1. The van der Waals surface area contributed by atoms with Crippen molar-refractivity contribution in [2.45, 2.75) is 52.6 Å². The minimum atomic E-state index is -0.222. The molecule has 3 unspecified atom stereocenters. The van der Waals surface area contributed by atoms with Crippen LogP contribution in [-0.4, -0.2) is 60.1 Å². The van der Waals surface area contributed by atoms with Gasteiger partial charge in [-0.1, -0.05) is 13.8 Å². The molecule has 2 aliphatic rings. The Hall–Kier alpha value is -3.39. The maximum absolute atomic E-state index is 13.6. The summed E-state index contributed by atoms with van der Waals surface area (Å²) in [4.78, 5) is 33.2. The predicted molar refractivity (Wildman–Crippen MR) is 152 cm³/mol. The zero-order valence-corrected chi connectivity index (χ0v) is 23.0. The van der Waals surface area contributed by atoms with E-state index in [-0.39, 0.29) is 29.7 Å². The first-order valence-electron chi connectivity index (χ1n) is 14.0. The lowest BCUT2D eigenvalue weighted by Crippen LogP contribution is -2.50. The quantitative estimate of drug-likeness (QED) is 0.442. The van der Waals surface area contributed by atoms with E-state index in [0.29, 0.717) is 18.2 Å². The van der Waals surface area contributed by atoms with Gasteiger partial charge in [-0.05, 0) is 68.5 Å². The number of carbonyl (C=O) groups is 2. The van der Waals surface area contributed by atoms with Gasteiger partial charge in [0.05, 0.1) is 5.92 Å². The first-order valence-corrected chi connectivity index (χ1v) is 14.0. The van der Waals surface area contributed by atoms with Gasteiger partial charge in [0.15, 0.2) is 0 Å². The van der Waals surface area contributed by atoms with Gasteiger partial charge in [0.25, 0.3) is 5.91 Å². The maximum atomic E-state index is 13.6. The number of nitrogens with one attached hydrogen (secondary N) is 3. The van der Waals surface area contributed by atoms with Crippen LogP contribution in [0, 0.1) is 11.8 Å². The molecular weight excluding hydrogens is 476 g/mol. The van der Waals surface area contributed by atoms with E-state index in [2.05, 4.69) is 70.6 Å². The fraction of sp³-hybridized carbons (Fsp3) is 0.500. The zero-order chi connectivity index (χ0) is 26.8. The molecule has 4 heterocycles. The summed E-state index contributed by atoms with van der Waals surface area (Å²) in [7, 11) is 0. The molecule has 202 valence electrons. The lowest BCUT2D eigenvalue weighted by atomic mass is 9.84. The van der Waals surface area contributed by atoms with Gasteiger partial charge in [0.2, 0.25) is 5.91 Å². The minimum Gasteiger partial charge on any atom is -0.354 e. The molecule has 2 fully saturated rings. The molecule has 8 heteroatoms. The van der Waals surface area contributed by atoms with E-state index in [1.807, 2.05) is 25.3 Å². The summed E-state index contributed by atoms with van der Waals surface area (Å²) in [5.41, 5.74) is 3.60. The van der Waals surface area contributed by atoms with Gasteiger partial charge in [0, 0.05) is 79.2 Å². The highest BCUT2D eigenvalue weighted by molar-refractivity contribution is 6.08. The van der Waals surface area contributed by atoms with Crippen molar-refractivity contribution in [1.82, 2.24) is 25.5 Å². The SMILES string of the molecule is CC[C@H](C)n1ccc2c(C(=O)NCC3C(=O)NC(C)CC3C)cc(-c3ccc(N4CCNCC4)nc3)cc21. The number of rotatable bonds is 7. The number of fused-ring (bicyclic) bond motifs is 1. The smallest absolute Gasteiger partial charge is 0.252 e. The Kier molecular flexibility index (Phi) is 7.70. The average Bonchev–Trinajstić information content (AvgIpc) is 3.36. The van der Waals surface area contributed by atoms with Gasteiger partial charge < -0.3 is 25.4 Å². The summed E-state index contributed by atoms with van der Waals surface area (Å²) >= 11 is 0. The largest absolute Gasteiger partial charge is 0.354 e. The number of aromatic nitrogens is 2. The van der Waals surface area contributed by atoms with Crippen LogP contribution in [-0.2, 0) is 4.79 Å². The van der Waals surface area contributed by atoms with Gasteiger partial charge in [-0.25, -0.2) is 4.98 Å². The van der Waals surface area contributed by atoms with Crippen LogP contribution in [0.15, 0.2) is 42.7 Å². The van der Waals surface area contributed by atoms with E-state index in [9.17, 15) is 9.59 Å². The third-order valence-electron chi connectivity index (χ3n) is 8.29. The van der Waals surface area contributed by atoms with Gasteiger partial charge in [0.1, 0.15) is 5.82 Å². The Balaban J connectivity index is 1.45. The molecule has 0 radical (unpaired) electrons. The van der Waals surface area contributed by atoms with Crippen molar-refractivity contribution in [3.05, 3.63) is 48.3 Å². The highest BCUT2D eigenvalue weighted by Gasteiger charge is 2.32. The summed E-state index contributed by atoms with van der Waals surface area (Å²) in [6, 6.07) is 10.8. The normalized spacial score (nSPS) is 22.8. The van der Waals surface area contributed by atoms with Crippen molar-refractivity contribution in [2.24, 2.45) is 11.8 Å². The third-order valence-corrected chi connectivity index (χ3v) is 8.29. The number of piperazine rings is 1. The first kappa shape index (κ1) is 26.2. The lowest BCUT2D eigenvalue weighted by Gasteiger charge is -2.32. The number of hydrogen-bond acceptors (Lipinski definition) is 5. The van der Waals surface area contributed by atoms with E-state index < -0.39 is 0 Å². The number of pyridine rings is 1. The molecule has 38 heavy (non-hydrogen) atoms. The van der Waals surface area contributed by atoms with Crippen LogP contribution in [0.1, 0.15) is 56.9 Å². The van der Waals surface area contributed by atoms with Crippen LogP contribution < -0.4 is 20.9 Å². The van der Waals surface area contributed by atoms with Crippen molar-refractivity contribution in [1.29, 1.82) is 0 Å². The fourth-order valence-corrected chi connectivity index (χ4v) is 5.82. The highest BCUT2D eigenvalue weighted by Crippen LogP contribution is 2.32. The van der Waals surface area contributed by atoms with E-state index in [0.717, 1.165) is 66.9 Å². The minimum absolute atomic E-state index is 0.0222. The molecule has 1 aromatic carbocycles. The molecule has 5 rings (SSSR count). The van der Waals surface area contributed by atoms with E-state index in [4.69, 9.17) is 4.98 Å². The average molecular weight is 517 g/mol. The molecular formula is C30H40N6O2. The molecule has 2 aliphatic heterocycles. The monoisotopic (exact) mass is 516 g/mol. The molecule has 0 aliphatic carbocycles. The molecule has 0 bridgehead atoms. The standard InChI is InChI=1S/C30H40N6O2/c1-5-21(4)36-11-8-24-25(29(37)33-18-26-19(2)14-20(3)34-30(26)38)15-23(16-27(24)36)22-6-7-28(32-17-22)35-12-9-31-10-13-35/h6-8,11,15-17,19-21,26,31H,5,9-10,12-14,18H2,1-4H3,(H,33,37)(H,34,38)/t19?,20?,21-,26?/m0/s1. The number of amides is 2. The van der Waals surface area contributed by atoms with Crippen LogP contribution in [0.5, 0.6) is 0 Å². The molecule has 0 saturated carbocycles. The highest BCUT2D eigenvalue weighted by atomic mass is 16.2. The summed E-state index contributed by atoms with van der Waals surface area (Å²) in [5.74, 6) is 0.848. The van der Waals surface area contributed by atoms with Gasteiger partial charge in [-0.2, -0.15) is 0 Å². The van der Waals surface area contributed by atoms with Crippen LogP contribution in [0.3, 0.4) is 0 Å². The lowest BCUT2D eigenvalue weighted by molar-refractivity contribution is -0.129. The number of benzene rings is 1. The van der Waals surface area contributed by atoms with Crippen LogP contribution in [0.25, 0.3) is 22.0 Å². The topological polar surface area (TPSA) is 91.3 Å². The summed E-state index contributed by atoms with van der Waals surface area (Å²) in [6.45, 7) is 12.6. The Labute approximate surface area is 225 Å². The molecule has 2 saturated heterocycles. The van der Waals surface area contributed by atoms with Gasteiger partial charge in [-0.15, -0.1) is 0 Å². The van der Waals surface area contributed by atoms with E-state index in [1.165, 1.54) is 0 Å². The first-order chi connectivity index (χ1) is 18.4. The molecule has 3 N–H and O–H groups in total. The Morgan fingerprint density at radius 1 is 1.16 bits per heavy atom. The summed E-state index contributed by atoms with van der Waals surface area (Å²) < 4.78 is 2.25. The van der Waals surface area contributed by atoms with E-state index >= 15 is 0 Å². The number of nitrogens with zero attached hydrogens (tertiary/aromatic N) is 3. The van der Waals surface area contributed by atoms with Crippen molar-refractivity contribution in [3.63, 3.8) is 0 Å². The van der Waals surface area contributed by atoms with Gasteiger partial charge in [-0.3, -0.25) is 9.59 Å². The second-order valence-corrected chi connectivity index (χ2v) is 11.0. The molecule has 0 spiro atoms. The Bertz CT molecular complexity index is 1290. The number of carbonyl (C=O) groups excluding carboxylic acids is 2. The van der Waals surface area contributed by atoms with Crippen molar-refractivity contribution in [2.75, 3.05) is 37.6 Å². The van der Waals surface area contributed by atoms with Crippen molar-refractivity contribution in [3.8, 4) is 11.1 Å². The maximum Gasteiger partial charge on any atom is 0.252 e. The zero-order valence-electron chi connectivity index (χ0n) is 23.0. The second kappa shape index (κ2) is 11.2. The summed E-state index contributed by atoms with van der Waals surface area (Å²) in [5, 5.41) is 10.4. The fourth-order valence-electron chi connectivity index (χ4n) is 5.82. The third kappa shape index (κ3) is 5.27. The molecule has 2 amide bonds. The Morgan fingerprint density at radius 3 is 2.63 bits per heavy atom. The Morgan fingerprint density at radius 2 is 1.95 bits per heavy atom. The summed E-state index contributed by atoms with van der Waals surface area (Å²) in [6.07, 6.45) is 5.89. The van der Waals surface area contributed by atoms with Crippen molar-refractivity contribution < 1.29 is 9.59 Å². The predicted octanol–water partition coefficient (Wildman–Crippen LogP) is 3.97. The second-order valence-electron chi connectivity index (χ2n) is 11.0. The molecule has 4 atom stereocenters. The van der Waals surface area contributed by atoms with Gasteiger partial charge >= 0.3 is 0 Å².